The molecule has 63 heavy (non-hydrogen) atoms. The maximum atomic E-state index is 12.2. The number of unbranched alkanes of at least 4 members (excludes halogenated alkanes) is 1. The quantitative estimate of drug-likeness (QED) is 0.116. The number of allylic oxidation sites excluding steroid dienone is 2. The van der Waals surface area contributed by atoms with Crippen LogP contribution in [0.4, 0.5) is 0 Å². The molecule has 2 aromatic carbocycles. The van der Waals surface area contributed by atoms with Crippen molar-refractivity contribution in [3.8, 4) is 0 Å². The van der Waals surface area contributed by atoms with Crippen LogP contribution in [0.5, 0.6) is 0 Å². The average molecular weight is 879 g/mol. The fourth-order valence-electron chi connectivity index (χ4n) is 7.71. The van der Waals surface area contributed by atoms with E-state index in [4.69, 9.17) is 9.73 Å². The van der Waals surface area contributed by atoms with Gasteiger partial charge < -0.3 is 14.7 Å². The van der Waals surface area contributed by atoms with Crippen molar-refractivity contribution in [2.75, 3.05) is 46.4 Å². The molecule has 1 N–H and O–H groups in total. The van der Waals surface area contributed by atoms with Crippen LogP contribution in [0.3, 0.4) is 0 Å². The van der Waals surface area contributed by atoms with Gasteiger partial charge in [0.25, 0.3) is 0 Å². The molecule has 7 nitrogen and oxygen atoms in total. The predicted octanol–water partition coefficient (Wildman–Crippen LogP) is 14.9. The number of piperidine rings is 1. The predicted molar refractivity (Wildman–Crippen MR) is 280 cm³/mol. The largest absolute Gasteiger partial charge is 0.484 e. The molecule has 7 heteroatoms. The summed E-state index contributed by atoms with van der Waals surface area (Å²) in [6.07, 6.45) is 19.6. The molecule has 2 heterocycles. The lowest BCUT2D eigenvalue weighted by Crippen LogP contribution is -2.49. The zero-order chi connectivity index (χ0) is 48.1. The number of nitrogens with zero attached hydrogens (tertiary/aromatic N) is 4. The van der Waals surface area contributed by atoms with Crippen LogP contribution in [-0.2, 0) is 16.0 Å². The fourth-order valence-corrected chi connectivity index (χ4v) is 7.71. The Morgan fingerprint density at radius 1 is 0.762 bits per heavy atom. The summed E-state index contributed by atoms with van der Waals surface area (Å²) in [5, 5.41) is 10.0. The van der Waals surface area contributed by atoms with Crippen LogP contribution in [0, 0.1) is 11.8 Å². The third-order valence-corrected chi connectivity index (χ3v) is 10.7. The Bertz CT molecular complexity index is 1240. The van der Waals surface area contributed by atoms with Gasteiger partial charge >= 0.3 is 5.97 Å². The second-order valence-corrected chi connectivity index (χ2v) is 16.2. The number of carboxylic acids is 1. The fraction of sp³-hybridized carbons (Fsp3) is 0.679. The first kappa shape index (κ1) is 64.0. The summed E-state index contributed by atoms with van der Waals surface area (Å²) in [6.45, 7) is 38.3. The molecule has 3 aliphatic rings. The average Bonchev–Trinajstić information content (AvgIpc) is 3.78. The molecule has 2 aliphatic heterocycles. The van der Waals surface area contributed by atoms with E-state index < -0.39 is 5.97 Å². The number of methoxy groups -OCH3 is 1. The van der Waals surface area contributed by atoms with Crippen molar-refractivity contribution in [1.82, 2.24) is 14.7 Å². The van der Waals surface area contributed by atoms with Gasteiger partial charge in [-0.15, -0.1) is 0 Å². The maximum absolute atomic E-state index is 12.2. The molecule has 364 valence electrons. The molecule has 3 atom stereocenters. The lowest BCUT2D eigenvalue weighted by atomic mass is 9.83. The molecular formula is C56H102N4O3. The minimum absolute atomic E-state index is 0.0938. The van der Waals surface area contributed by atoms with Crippen molar-refractivity contribution in [3.63, 3.8) is 0 Å². The van der Waals surface area contributed by atoms with E-state index >= 15 is 0 Å². The number of aliphatic carboxylic acids is 1. The molecule has 2 saturated heterocycles. The Kier molecular flexibility index (Phi) is 47.5. The monoisotopic (exact) mass is 879 g/mol. The van der Waals surface area contributed by atoms with Crippen LogP contribution >= 0.6 is 0 Å². The minimum atomic E-state index is -0.600. The third kappa shape index (κ3) is 32.1. The van der Waals surface area contributed by atoms with Gasteiger partial charge in [0.1, 0.15) is 12.2 Å². The molecule has 2 aromatic rings. The lowest BCUT2D eigenvalue weighted by molar-refractivity contribution is -0.145. The number of aliphatic imine (C=N–C) groups is 1. The third-order valence-electron chi connectivity index (χ3n) is 10.7. The Morgan fingerprint density at radius 3 is 1.65 bits per heavy atom. The van der Waals surface area contributed by atoms with Crippen LogP contribution in [0.25, 0.3) is 0 Å². The summed E-state index contributed by atoms with van der Waals surface area (Å²) >= 11 is 0. The zero-order valence-electron chi connectivity index (χ0n) is 43.5. The molecule has 0 aromatic heterocycles. The molecule has 1 aliphatic carbocycles. The number of rotatable bonds is 14. The summed E-state index contributed by atoms with van der Waals surface area (Å²) in [5.74, 6) is 1.12. The summed E-state index contributed by atoms with van der Waals surface area (Å²) < 4.78 is 5.69. The van der Waals surface area contributed by atoms with E-state index in [-0.39, 0.29) is 12.2 Å². The van der Waals surface area contributed by atoms with Gasteiger partial charge in [0.05, 0.1) is 7.11 Å². The van der Waals surface area contributed by atoms with Gasteiger partial charge in [0, 0.05) is 32.1 Å². The minimum Gasteiger partial charge on any atom is -0.484 e. The first-order valence-corrected chi connectivity index (χ1v) is 25.5. The van der Waals surface area contributed by atoms with Gasteiger partial charge in [-0.05, 0) is 82.5 Å². The van der Waals surface area contributed by atoms with Crippen LogP contribution in [-0.4, -0.2) is 96.3 Å². The highest BCUT2D eigenvalue weighted by atomic mass is 16.5. The molecule has 1 saturated carbocycles. The second kappa shape index (κ2) is 46.7. The van der Waals surface area contributed by atoms with E-state index in [2.05, 4.69) is 108 Å². The SMILES string of the molecule is C=CC=C.CC.CC.CCC.CCC.CCCC.CCCN(C1CCN(CC2CCN([C@@H](C(=O)O)C3CCCCC3)C2)CC1)C(C)/N=C(/Cc1ccccc1)OC.c1ccccc1. The van der Waals surface area contributed by atoms with Crippen LogP contribution in [0.15, 0.2) is 97.0 Å². The molecule has 0 bridgehead atoms. The van der Waals surface area contributed by atoms with Crippen molar-refractivity contribution >= 4 is 11.9 Å². The van der Waals surface area contributed by atoms with E-state index in [1.807, 2.05) is 70.2 Å². The van der Waals surface area contributed by atoms with Crippen molar-refractivity contribution in [1.29, 1.82) is 0 Å². The van der Waals surface area contributed by atoms with E-state index in [0.717, 1.165) is 90.1 Å². The number of hydrogen-bond acceptors (Lipinski definition) is 6. The standard InChI is InChI=1S/C32H52N4O3.C6H6.C4H10.C4H6.2C3H8.2C2H6/c1-4-18-36(25(2)33-30(39-3)22-26-11-7-5-8-12-26)29-16-19-34(20-17-29)23-27-15-21-35(24-27)31(32(37)38)28-13-9-6-10-14-28;1-2-4-6-5-3-1;2*1-3-4-2;2*1-3-2;2*1-2/h5,7-8,11-12,25,27-29,31H,4,6,9-10,13-24H2,1-3H3,(H,37,38);1-6H;3-4H2,1-2H3;3-4H,1-2H2;2*3H2,1-2H3;2*1-2H3/b33-30-;;;;;;;/t25?,27?,31-;;;;;;;/m1......./s1. The van der Waals surface area contributed by atoms with Gasteiger partial charge in [0.15, 0.2) is 5.90 Å². The van der Waals surface area contributed by atoms with Gasteiger partial charge in [0.2, 0.25) is 0 Å². The molecule has 5 rings (SSSR count). The molecule has 0 radical (unpaired) electrons. The van der Waals surface area contributed by atoms with E-state index in [1.165, 1.54) is 50.5 Å². The van der Waals surface area contributed by atoms with Gasteiger partial charge in [-0.2, -0.15) is 0 Å². The Hall–Kier alpha value is -3.26. The number of carbonyl (C=O) groups is 1. The van der Waals surface area contributed by atoms with E-state index in [1.54, 1.807) is 19.3 Å². The number of ether oxygens (including phenoxy) is 1. The summed E-state index contributed by atoms with van der Waals surface area (Å²) in [6, 6.07) is 22.7. The zero-order valence-corrected chi connectivity index (χ0v) is 43.5. The topological polar surface area (TPSA) is 68.6 Å². The number of hydrogen-bond donors (Lipinski definition) is 1. The van der Waals surface area contributed by atoms with Crippen molar-refractivity contribution in [3.05, 3.63) is 97.6 Å². The van der Waals surface area contributed by atoms with Crippen LogP contribution in [0.2, 0.25) is 0 Å². The first-order valence-electron chi connectivity index (χ1n) is 25.5. The normalized spacial score (nSPS) is 17.3. The van der Waals surface area contributed by atoms with Crippen molar-refractivity contribution < 1.29 is 14.6 Å². The van der Waals surface area contributed by atoms with E-state index in [9.17, 15) is 9.90 Å². The van der Waals surface area contributed by atoms with Gasteiger partial charge in [-0.3, -0.25) is 14.6 Å². The molecule has 0 spiro atoms. The second-order valence-electron chi connectivity index (χ2n) is 16.2. The highest BCUT2D eigenvalue weighted by Crippen LogP contribution is 2.32. The molecule has 2 unspecified atom stereocenters. The maximum Gasteiger partial charge on any atom is 0.321 e. The smallest absolute Gasteiger partial charge is 0.321 e. The number of carboxylic acid groups (broad SMARTS) is 1. The molecule has 3 fully saturated rings. The van der Waals surface area contributed by atoms with Gasteiger partial charge in [-0.25, -0.2) is 4.99 Å². The number of likely N-dealkylation sites (tertiary alicyclic amines) is 2. The van der Waals surface area contributed by atoms with Crippen LogP contribution in [0.1, 0.15) is 172 Å². The lowest BCUT2D eigenvalue weighted by Gasteiger charge is -2.41. The van der Waals surface area contributed by atoms with Crippen LogP contribution < -0.4 is 0 Å². The molecular weight excluding hydrogens is 777 g/mol. The molecule has 0 amide bonds. The first-order chi connectivity index (χ1) is 30.6. The summed E-state index contributed by atoms with van der Waals surface area (Å²) in [4.78, 5) is 24.7. The summed E-state index contributed by atoms with van der Waals surface area (Å²) in [7, 11) is 1.73. The summed E-state index contributed by atoms with van der Waals surface area (Å²) in [5.41, 5.74) is 1.22. The number of benzene rings is 2. The Morgan fingerprint density at radius 2 is 1.24 bits per heavy atom. The highest BCUT2D eigenvalue weighted by Gasteiger charge is 2.39. The Balaban J connectivity index is -0.00000123. The highest BCUT2D eigenvalue weighted by molar-refractivity contribution is 5.78. The van der Waals surface area contributed by atoms with Crippen molar-refractivity contribution in [2.45, 2.75) is 191 Å². The van der Waals surface area contributed by atoms with Gasteiger partial charge in [-0.1, -0.05) is 213 Å². The van der Waals surface area contributed by atoms with Crippen molar-refractivity contribution in [2.24, 2.45) is 16.8 Å². The Labute approximate surface area is 391 Å². The van der Waals surface area contributed by atoms with E-state index in [0.29, 0.717) is 17.9 Å².